The van der Waals surface area contributed by atoms with Gasteiger partial charge < -0.3 is 9.64 Å². The van der Waals surface area contributed by atoms with E-state index in [9.17, 15) is 9.59 Å². The lowest BCUT2D eigenvalue weighted by Gasteiger charge is -2.14. The molecule has 1 aromatic rings. The molecule has 0 bridgehead atoms. The Kier molecular flexibility index (Phi) is 4.72. The van der Waals surface area contributed by atoms with Gasteiger partial charge in [-0.2, -0.15) is 0 Å². The van der Waals surface area contributed by atoms with Gasteiger partial charge in [-0.1, -0.05) is 30.3 Å². The fourth-order valence-corrected chi connectivity index (χ4v) is 1.97. The number of benzene rings is 1. The van der Waals surface area contributed by atoms with E-state index in [2.05, 4.69) is 0 Å². The highest BCUT2D eigenvalue weighted by atomic mass is 16.5. The van der Waals surface area contributed by atoms with Crippen molar-refractivity contribution >= 4 is 18.0 Å². The molecule has 0 radical (unpaired) electrons. The van der Waals surface area contributed by atoms with Gasteiger partial charge in [0.15, 0.2) is 6.61 Å². The molecule has 0 aromatic heterocycles. The lowest BCUT2D eigenvalue weighted by Crippen LogP contribution is -2.31. The van der Waals surface area contributed by atoms with Crippen molar-refractivity contribution < 1.29 is 14.3 Å². The van der Waals surface area contributed by atoms with Gasteiger partial charge in [0.1, 0.15) is 0 Å². The monoisotopic (exact) mass is 259 g/mol. The summed E-state index contributed by atoms with van der Waals surface area (Å²) in [5.74, 6) is -0.602. The standard InChI is InChI=1S/C15H17NO3/c17-14(16-10-4-5-11-16)12-19-15(18)9-8-13-6-2-1-3-7-13/h1-3,6-9H,4-5,10-12H2/b9-8+. The normalized spacial score (nSPS) is 14.8. The van der Waals surface area contributed by atoms with Crippen molar-refractivity contribution in [2.24, 2.45) is 0 Å². The number of nitrogens with zero attached hydrogens (tertiary/aromatic N) is 1. The Bertz CT molecular complexity index is 462. The van der Waals surface area contributed by atoms with Crippen LogP contribution in [-0.4, -0.2) is 36.5 Å². The van der Waals surface area contributed by atoms with Gasteiger partial charge in [0.25, 0.3) is 5.91 Å². The lowest BCUT2D eigenvalue weighted by molar-refractivity contribution is -0.147. The second-order valence-electron chi connectivity index (χ2n) is 4.44. The molecule has 0 atom stereocenters. The van der Waals surface area contributed by atoms with E-state index in [1.807, 2.05) is 30.3 Å². The summed E-state index contributed by atoms with van der Waals surface area (Å²) in [6.07, 6.45) is 5.08. The van der Waals surface area contributed by atoms with Crippen molar-refractivity contribution in [2.45, 2.75) is 12.8 Å². The smallest absolute Gasteiger partial charge is 0.331 e. The molecular formula is C15H17NO3. The van der Waals surface area contributed by atoms with Crippen LogP contribution in [0, 0.1) is 0 Å². The third-order valence-electron chi connectivity index (χ3n) is 3.01. The molecule has 0 spiro atoms. The molecule has 100 valence electrons. The molecule has 1 amide bonds. The Morgan fingerprint density at radius 2 is 1.84 bits per heavy atom. The SMILES string of the molecule is O=C(/C=C/c1ccccc1)OCC(=O)N1CCCC1. The minimum absolute atomic E-state index is 0.112. The van der Waals surface area contributed by atoms with E-state index in [0.717, 1.165) is 31.5 Å². The van der Waals surface area contributed by atoms with E-state index in [1.165, 1.54) is 6.08 Å². The van der Waals surface area contributed by atoms with Crippen LogP contribution in [-0.2, 0) is 14.3 Å². The zero-order valence-electron chi connectivity index (χ0n) is 10.7. The molecular weight excluding hydrogens is 242 g/mol. The van der Waals surface area contributed by atoms with Gasteiger partial charge in [-0.15, -0.1) is 0 Å². The minimum Gasteiger partial charge on any atom is -0.452 e. The quantitative estimate of drug-likeness (QED) is 0.612. The largest absolute Gasteiger partial charge is 0.452 e. The second kappa shape index (κ2) is 6.73. The van der Waals surface area contributed by atoms with Crippen LogP contribution in [0.1, 0.15) is 18.4 Å². The fourth-order valence-electron chi connectivity index (χ4n) is 1.97. The van der Waals surface area contributed by atoms with E-state index in [-0.39, 0.29) is 12.5 Å². The summed E-state index contributed by atoms with van der Waals surface area (Å²) in [4.78, 5) is 24.8. The molecule has 4 heteroatoms. The van der Waals surface area contributed by atoms with Crippen molar-refractivity contribution in [1.82, 2.24) is 4.90 Å². The molecule has 4 nitrogen and oxygen atoms in total. The van der Waals surface area contributed by atoms with Gasteiger partial charge in [0, 0.05) is 19.2 Å². The van der Waals surface area contributed by atoms with Crippen LogP contribution in [0.4, 0.5) is 0 Å². The van der Waals surface area contributed by atoms with Crippen molar-refractivity contribution in [3.05, 3.63) is 42.0 Å². The maximum absolute atomic E-state index is 11.6. The van der Waals surface area contributed by atoms with Crippen molar-refractivity contribution in [3.8, 4) is 0 Å². The molecule has 1 aliphatic rings. The van der Waals surface area contributed by atoms with Gasteiger partial charge in [-0.3, -0.25) is 4.79 Å². The van der Waals surface area contributed by atoms with Gasteiger partial charge >= 0.3 is 5.97 Å². The number of carbonyl (C=O) groups excluding carboxylic acids is 2. The van der Waals surface area contributed by atoms with Gasteiger partial charge in [-0.25, -0.2) is 4.79 Å². The number of hydrogen-bond donors (Lipinski definition) is 0. The highest BCUT2D eigenvalue weighted by Gasteiger charge is 2.18. The summed E-state index contributed by atoms with van der Waals surface area (Å²) in [5, 5.41) is 0. The summed E-state index contributed by atoms with van der Waals surface area (Å²) < 4.78 is 4.92. The van der Waals surface area contributed by atoms with Crippen LogP contribution in [0.3, 0.4) is 0 Å². The predicted octanol–water partition coefficient (Wildman–Crippen LogP) is 1.87. The number of ether oxygens (including phenoxy) is 1. The van der Waals surface area contributed by atoms with E-state index in [1.54, 1.807) is 11.0 Å². The maximum atomic E-state index is 11.6. The number of esters is 1. The first-order valence-electron chi connectivity index (χ1n) is 6.43. The molecule has 2 rings (SSSR count). The van der Waals surface area contributed by atoms with Crippen LogP contribution >= 0.6 is 0 Å². The van der Waals surface area contributed by atoms with Crippen molar-refractivity contribution in [1.29, 1.82) is 0 Å². The summed E-state index contributed by atoms with van der Waals surface area (Å²) in [6.45, 7) is 1.38. The molecule has 0 N–H and O–H groups in total. The van der Waals surface area contributed by atoms with Gasteiger partial charge in [0.2, 0.25) is 0 Å². The molecule has 1 saturated heterocycles. The first-order chi connectivity index (χ1) is 9.25. The van der Waals surface area contributed by atoms with E-state index < -0.39 is 5.97 Å². The number of hydrogen-bond acceptors (Lipinski definition) is 3. The van der Waals surface area contributed by atoms with Gasteiger partial charge in [-0.05, 0) is 24.5 Å². The molecule has 1 aromatic carbocycles. The molecule has 0 unspecified atom stereocenters. The average molecular weight is 259 g/mol. The Hall–Kier alpha value is -2.10. The summed E-state index contributed by atoms with van der Waals surface area (Å²) in [6, 6.07) is 9.46. The average Bonchev–Trinajstić information content (AvgIpc) is 2.98. The summed E-state index contributed by atoms with van der Waals surface area (Å²) in [7, 11) is 0. The molecule has 19 heavy (non-hydrogen) atoms. The Balaban J connectivity index is 1.75. The third-order valence-corrected chi connectivity index (χ3v) is 3.01. The molecule has 0 saturated carbocycles. The van der Waals surface area contributed by atoms with E-state index in [0.29, 0.717) is 0 Å². The summed E-state index contributed by atoms with van der Waals surface area (Å²) in [5.41, 5.74) is 0.922. The Labute approximate surface area is 112 Å². The first kappa shape index (κ1) is 13.3. The van der Waals surface area contributed by atoms with Crippen molar-refractivity contribution in [3.63, 3.8) is 0 Å². The minimum atomic E-state index is -0.489. The third kappa shape index (κ3) is 4.25. The van der Waals surface area contributed by atoms with Crippen LogP contribution < -0.4 is 0 Å². The van der Waals surface area contributed by atoms with E-state index >= 15 is 0 Å². The molecule has 1 aliphatic heterocycles. The number of amides is 1. The molecule has 0 aliphatic carbocycles. The van der Waals surface area contributed by atoms with Crippen molar-refractivity contribution in [2.75, 3.05) is 19.7 Å². The summed E-state index contributed by atoms with van der Waals surface area (Å²) >= 11 is 0. The highest BCUT2D eigenvalue weighted by molar-refractivity contribution is 5.89. The van der Waals surface area contributed by atoms with Crippen LogP contribution in [0.15, 0.2) is 36.4 Å². The molecule has 1 fully saturated rings. The number of rotatable bonds is 4. The Morgan fingerprint density at radius 3 is 2.53 bits per heavy atom. The topological polar surface area (TPSA) is 46.6 Å². The highest BCUT2D eigenvalue weighted by Crippen LogP contribution is 2.07. The first-order valence-corrected chi connectivity index (χ1v) is 6.43. The fraction of sp³-hybridized carbons (Fsp3) is 0.333. The van der Waals surface area contributed by atoms with E-state index in [4.69, 9.17) is 4.74 Å². The number of carbonyl (C=O) groups is 2. The van der Waals surface area contributed by atoms with Crippen LogP contribution in [0.25, 0.3) is 6.08 Å². The zero-order valence-corrected chi connectivity index (χ0v) is 10.7. The van der Waals surface area contributed by atoms with Crippen LogP contribution in [0.5, 0.6) is 0 Å². The van der Waals surface area contributed by atoms with Crippen LogP contribution in [0.2, 0.25) is 0 Å². The predicted molar refractivity (Wildman–Crippen MR) is 72.2 cm³/mol. The lowest BCUT2D eigenvalue weighted by atomic mass is 10.2. The van der Waals surface area contributed by atoms with Gasteiger partial charge in [0.05, 0.1) is 0 Å². The second-order valence-corrected chi connectivity index (χ2v) is 4.44. The zero-order chi connectivity index (χ0) is 13.5. The molecule has 1 heterocycles. The number of likely N-dealkylation sites (tertiary alicyclic amines) is 1. The Morgan fingerprint density at radius 1 is 1.16 bits per heavy atom. The maximum Gasteiger partial charge on any atom is 0.331 e.